The number of hydrogen-bond acceptors (Lipinski definition) is 4. The van der Waals surface area contributed by atoms with E-state index in [1.807, 2.05) is 0 Å². The SMILES string of the molecule is COC(=O)c1ccccc1NC(=O)CN1CCCc2cc(C)ccc21. The number of anilines is 2. The number of methoxy groups -OCH3 is 1. The van der Waals surface area contributed by atoms with E-state index >= 15 is 0 Å². The van der Waals surface area contributed by atoms with Crippen LogP contribution in [0.3, 0.4) is 0 Å². The molecule has 0 aromatic heterocycles. The summed E-state index contributed by atoms with van der Waals surface area (Å²) in [5.74, 6) is -0.612. The van der Waals surface area contributed by atoms with E-state index in [0.717, 1.165) is 25.1 Å². The first-order chi connectivity index (χ1) is 12.1. The fraction of sp³-hybridized carbons (Fsp3) is 0.300. The van der Waals surface area contributed by atoms with Crippen LogP contribution in [0.4, 0.5) is 11.4 Å². The second-order valence-electron chi connectivity index (χ2n) is 6.24. The normalized spacial score (nSPS) is 13.1. The van der Waals surface area contributed by atoms with Crippen LogP contribution in [0.15, 0.2) is 42.5 Å². The average molecular weight is 338 g/mol. The summed E-state index contributed by atoms with van der Waals surface area (Å²) in [4.78, 5) is 26.4. The molecule has 0 atom stereocenters. The van der Waals surface area contributed by atoms with Gasteiger partial charge in [0, 0.05) is 12.2 Å². The Bertz CT molecular complexity index is 801. The molecule has 130 valence electrons. The number of amides is 1. The fourth-order valence-corrected chi connectivity index (χ4v) is 3.21. The zero-order valence-corrected chi connectivity index (χ0v) is 14.5. The topological polar surface area (TPSA) is 58.6 Å². The first-order valence-corrected chi connectivity index (χ1v) is 8.40. The van der Waals surface area contributed by atoms with E-state index in [1.54, 1.807) is 24.3 Å². The van der Waals surface area contributed by atoms with Gasteiger partial charge >= 0.3 is 5.97 Å². The van der Waals surface area contributed by atoms with Gasteiger partial charge in [-0.05, 0) is 43.5 Å². The third-order valence-corrected chi connectivity index (χ3v) is 4.39. The number of nitrogens with one attached hydrogen (secondary N) is 1. The van der Waals surface area contributed by atoms with Crippen LogP contribution < -0.4 is 10.2 Å². The van der Waals surface area contributed by atoms with Crippen LogP contribution in [0.1, 0.15) is 27.9 Å². The minimum atomic E-state index is -0.463. The molecule has 1 aliphatic rings. The van der Waals surface area contributed by atoms with Gasteiger partial charge in [0.05, 0.1) is 24.9 Å². The van der Waals surface area contributed by atoms with Gasteiger partial charge in [0.2, 0.25) is 5.91 Å². The van der Waals surface area contributed by atoms with Crippen molar-refractivity contribution in [3.05, 3.63) is 59.2 Å². The number of nitrogens with zero attached hydrogens (tertiary/aromatic N) is 1. The Morgan fingerprint density at radius 3 is 2.80 bits per heavy atom. The van der Waals surface area contributed by atoms with E-state index in [1.165, 1.54) is 18.2 Å². The van der Waals surface area contributed by atoms with Gasteiger partial charge in [-0.25, -0.2) is 4.79 Å². The van der Waals surface area contributed by atoms with E-state index in [4.69, 9.17) is 4.74 Å². The number of para-hydroxylation sites is 1. The van der Waals surface area contributed by atoms with Crippen molar-refractivity contribution < 1.29 is 14.3 Å². The van der Waals surface area contributed by atoms with Gasteiger partial charge in [-0.1, -0.05) is 29.8 Å². The fourth-order valence-electron chi connectivity index (χ4n) is 3.21. The molecule has 1 heterocycles. The van der Waals surface area contributed by atoms with Gasteiger partial charge in [-0.2, -0.15) is 0 Å². The number of esters is 1. The van der Waals surface area contributed by atoms with Crippen molar-refractivity contribution in [2.45, 2.75) is 19.8 Å². The molecule has 3 rings (SSSR count). The van der Waals surface area contributed by atoms with Gasteiger partial charge in [-0.15, -0.1) is 0 Å². The number of aryl methyl sites for hydroxylation is 2. The molecule has 0 saturated carbocycles. The summed E-state index contributed by atoms with van der Waals surface area (Å²) in [7, 11) is 1.33. The van der Waals surface area contributed by atoms with Crippen molar-refractivity contribution in [2.75, 3.05) is 30.4 Å². The number of carbonyl (C=O) groups excluding carboxylic acids is 2. The lowest BCUT2D eigenvalue weighted by Crippen LogP contribution is -2.37. The second kappa shape index (κ2) is 7.38. The highest BCUT2D eigenvalue weighted by atomic mass is 16.5. The standard InChI is InChI=1S/C20H22N2O3/c1-14-9-10-18-15(12-14)6-5-11-22(18)13-19(23)21-17-8-4-3-7-16(17)20(24)25-2/h3-4,7-10,12H,5-6,11,13H2,1-2H3,(H,21,23). The number of ether oxygens (including phenoxy) is 1. The molecule has 2 aromatic carbocycles. The molecular weight excluding hydrogens is 316 g/mol. The predicted octanol–water partition coefficient (Wildman–Crippen LogP) is 3.17. The highest BCUT2D eigenvalue weighted by Crippen LogP contribution is 2.28. The largest absolute Gasteiger partial charge is 0.465 e. The molecule has 1 N–H and O–H groups in total. The summed E-state index contributed by atoms with van der Waals surface area (Å²) in [6.45, 7) is 3.18. The zero-order valence-electron chi connectivity index (χ0n) is 14.5. The van der Waals surface area contributed by atoms with E-state index in [2.05, 4.69) is 35.3 Å². The molecular formula is C20H22N2O3. The molecule has 0 radical (unpaired) electrons. The van der Waals surface area contributed by atoms with Crippen LogP contribution in [-0.4, -0.2) is 32.1 Å². The Hall–Kier alpha value is -2.82. The lowest BCUT2D eigenvalue weighted by Gasteiger charge is -2.31. The van der Waals surface area contributed by atoms with Crippen LogP contribution in [-0.2, 0) is 16.0 Å². The molecule has 5 heteroatoms. The van der Waals surface area contributed by atoms with E-state index in [-0.39, 0.29) is 12.5 Å². The third-order valence-electron chi connectivity index (χ3n) is 4.39. The van der Waals surface area contributed by atoms with Crippen molar-refractivity contribution >= 4 is 23.3 Å². The van der Waals surface area contributed by atoms with Crippen LogP contribution in [0, 0.1) is 6.92 Å². The van der Waals surface area contributed by atoms with E-state index in [9.17, 15) is 9.59 Å². The van der Waals surface area contributed by atoms with Gasteiger partial charge in [0.15, 0.2) is 0 Å². The summed E-state index contributed by atoms with van der Waals surface area (Å²) in [6, 6.07) is 13.2. The molecule has 25 heavy (non-hydrogen) atoms. The average Bonchev–Trinajstić information content (AvgIpc) is 2.61. The number of hydrogen-bond donors (Lipinski definition) is 1. The molecule has 0 unspecified atom stereocenters. The summed E-state index contributed by atoms with van der Waals surface area (Å²) in [5.41, 5.74) is 4.47. The lowest BCUT2D eigenvalue weighted by molar-refractivity contribution is -0.115. The van der Waals surface area contributed by atoms with Crippen LogP contribution in [0.2, 0.25) is 0 Å². The molecule has 0 fully saturated rings. The maximum atomic E-state index is 12.5. The molecule has 1 amide bonds. The summed E-state index contributed by atoms with van der Waals surface area (Å²) >= 11 is 0. The zero-order chi connectivity index (χ0) is 17.8. The molecule has 0 bridgehead atoms. The number of fused-ring (bicyclic) bond motifs is 1. The Balaban J connectivity index is 1.74. The van der Waals surface area contributed by atoms with Crippen molar-refractivity contribution in [2.24, 2.45) is 0 Å². The van der Waals surface area contributed by atoms with Crippen molar-refractivity contribution in [3.63, 3.8) is 0 Å². The highest BCUT2D eigenvalue weighted by molar-refractivity contribution is 6.02. The predicted molar refractivity (Wildman–Crippen MR) is 98.1 cm³/mol. The minimum Gasteiger partial charge on any atom is -0.465 e. The number of rotatable bonds is 4. The Kier molecular flexibility index (Phi) is 5.03. The minimum absolute atomic E-state index is 0.148. The molecule has 0 aliphatic carbocycles. The maximum absolute atomic E-state index is 12.5. The Morgan fingerprint density at radius 2 is 2.00 bits per heavy atom. The lowest BCUT2D eigenvalue weighted by atomic mass is 9.99. The molecule has 0 saturated heterocycles. The molecule has 5 nitrogen and oxygen atoms in total. The first kappa shape index (κ1) is 17.0. The van der Waals surface area contributed by atoms with Crippen molar-refractivity contribution in [1.29, 1.82) is 0 Å². The van der Waals surface area contributed by atoms with Crippen molar-refractivity contribution in [3.8, 4) is 0 Å². The van der Waals surface area contributed by atoms with Crippen LogP contribution >= 0.6 is 0 Å². The summed E-state index contributed by atoms with van der Waals surface area (Å²) in [5, 5.41) is 2.83. The monoisotopic (exact) mass is 338 g/mol. The first-order valence-electron chi connectivity index (χ1n) is 8.40. The molecule has 1 aliphatic heterocycles. The molecule has 0 spiro atoms. The van der Waals surface area contributed by atoms with E-state index < -0.39 is 5.97 Å². The Morgan fingerprint density at radius 1 is 1.20 bits per heavy atom. The third kappa shape index (κ3) is 3.82. The van der Waals surface area contributed by atoms with Crippen LogP contribution in [0.25, 0.3) is 0 Å². The molecule has 2 aromatic rings. The summed E-state index contributed by atoms with van der Waals surface area (Å²) in [6.07, 6.45) is 2.07. The van der Waals surface area contributed by atoms with Crippen LogP contribution in [0.5, 0.6) is 0 Å². The van der Waals surface area contributed by atoms with Gasteiger partial charge in [0.25, 0.3) is 0 Å². The van der Waals surface area contributed by atoms with E-state index in [0.29, 0.717) is 11.3 Å². The smallest absolute Gasteiger partial charge is 0.339 e. The van der Waals surface area contributed by atoms with Gasteiger partial charge < -0.3 is 15.0 Å². The highest BCUT2D eigenvalue weighted by Gasteiger charge is 2.20. The number of benzene rings is 2. The van der Waals surface area contributed by atoms with Gasteiger partial charge in [0.1, 0.15) is 0 Å². The number of carbonyl (C=O) groups is 2. The van der Waals surface area contributed by atoms with Crippen molar-refractivity contribution in [1.82, 2.24) is 0 Å². The van der Waals surface area contributed by atoms with Gasteiger partial charge in [-0.3, -0.25) is 4.79 Å². The Labute approximate surface area is 147 Å². The second-order valence-corrected chi connectivity index (χ2v) is 6.24. The summed E-state index contributed by atoms with van der Waals surface area (Å²) < 4.78 is 4.77. The maximum Gasteiger partial charge on any atom is 0.339 e. The quantitative estimate of drug-likeness (QED) is 0.870.